The summed E-state index contributed by atoms with van der Waals surface area (Å²) in [7, 11) is 0. The summed E-state index contributed by atoms with van der Waals surface area (Å²) in [4.78, 5) is 68.9. The van der Waals surface area contributed by atoms with E-state index in [1.165, 1.54) is 0 Å². The molecule has 1 rings (SSSR count). The van der Waals surface area contributed by atoms with Gasteiger partial charge in [-0.2, -0.15) is 0 Å². The third kappa shape index (κ3) is 5.29. The van der Waals surface area contributed by atoms with Crippen molar-refractivity contribution < 1.29 is 28.6 Å². The highest BCUT2D eigenvalue weighted by Crippen LogP contribution is 1.89. The highest BCUT2D eigenvalue weighted by molar-refractivity contribution is 5.69. The molecule has 0 aliphatic carbocycles. The molecule has 142 valence electrons. The second kappa shape index (κ2) is 10.4. The van der Waals surface area contributed by atoms with Gasteiger partial charge in [-0.25, -0.2) is 28.1 Å². The lowest BCUT2D eigenvalue weighted by Crippen LogP contribution is -2.55. The summed E-state index contributed by atoms with van der Waals surface area (Å²) in [5.74, 6) is -0.732. The number of rotatable bonds is 12. The van der Waals surface area contributed by atoms with Crippen LogP contribution in [0.2, 0.25) is 0 Å². The molecule has 0 spiro atoms. The van der Waals surface area contributed by atoms with Crippen molar-refractivity contribution in [2.75, 3.05) is 13.2 Å². The van der Waals surface area contributed by atoms with Crippen LogP contribution in [0.4, 0.5) is 0 Å². The molecule has 0 unspecified atom stereocenters. The number of hydrogen-bond donors (Lipinski definition) is 0. The summed E-state index contributed by atoms with van der Waals surface area (Å²) in [6.07, 6.45) is 0.576. The molecule has 1 heterocycles. The SMILES string of the molecule is C=COC(=O)CCn1c(=O)n(CCOC=O)c(=O)n(CCOC=O)c1=O. The highest BCUT2D eigenvalue weighted by Gasteiger charge is 2.16. The molecule has 26 heavy (non-hydrogen) atoms. The van der Waals surface area contributed by atoms with Crippen molar-refractivity contribution in [3.05, 3.63) is 44.3 Å². The summed E-state index contributed by atoms with van der Waals surface area (Å²) >= 11 is 0. The van der Waals surface area contributed by atoms with E-state index < -0.39 is 23.0 Å². The maximum Gasteiger partial charge on any atom is 0.336 e. The first kappa shape index (κ1) is 20.6. The number of hydrogen-bond acceptors (Lipinski definition) is 9. The Bertz CT molecular complexity index is 781. The zero-order chi connectivity index (χ0) is 19.5. The lowest BCUT2D eigenvalue weighted by Gasteiger charge is -2.13. The average Bonchev–Trinajstić information content (AvgIpc) is 2.61. The van der Waals surface area contributed by atoms with Crippen molar-refractivity contribution in [2.45, 2.75) is 26.1 Å². The Morgan fingerprint density at radius 1 is 0.846 bits per heavy atom. The van der Waals surface area contributed by atoms with Gasteiger partial charge in [-0.15, -0.1) is 0 Å². The van der Waals surface area contributed by atoms with Crippen LogP contribution in [0, 0.1) is 0 Å². The topological polar surface area (TPSA) is 145 Å². The zero-order valence-electron chi connectivity index (χ0n) is 13.7. The van der Waals surface area contributed by atoms with Gasteiger partial charge in [0.2, 0.25) is 0 Å². The van der Waals surface area contributed by atoms with Crippen molar-refractivity contribution in [2.24, 2.45) is 0 Å². The Hall–Kier alpha value is -3.44. The maximum absolute atomic E-state index is 12.4. The molecule has 0 bridgehead atoms. The normalized spacial score (nSPS) is 10.0. The molecule has 0 aromatic carbocycles. The van der Waals surface area contributed by atoms with Crippen LogP contribution in [-0.2, 0) is 48.2 Å². The molecule has 1 aromatic rings. The number of carbonyl (C=O) groups is 3. The molecule has 0 fully saturated rings. The summed E-state index contributed by atoms with van der Waals surface area (Å²) in [6.45, 7) is 1.97. The number of aromatic nitrogens is 3. The first-order chi connectivity index (χ1) is 12.5. The first-order valence-corrected chi connectivity index (χ1v) is 7.33. The largest absolute Gasteiger partial charge is 0.466 e. The van der Waals surface area contributed by atoms with Crippen LogP contribution in [-0.4, -0.2) is 45.8 Å². The quantitative estimate of drug-likeness (QED) is 0.129. The number of esters is 1. The van der Waals surface area contributed by atoms with Gasteiger partial charge >= 0.3 is 23.0 Å². The first-order valence-electron chi connectivity index (χ1n) is 7.33. The predicted molar refractivity (Wildman–Crippen MR) is 84.2 cm³/mol. The van der Waals surface area contributed by atoms with Crippen molar-refractivity contribution in [3.8, 4) is 0 Å². The molecule has 1 aromatic heterocycles. The van der Waals surface area contributed by atoms with Crippen LogP contribution in [0.3, 0.4) is 0 Å². The van der Waals surface area contributed by atoms with Gasteiger partial charge in [0.05, 0.1) is 25.8 Å². The molecule has 0 amide bonds. The van der Waals surface area contributed by atoms with Gasteiger partial charge in [0.1, 0.15) is 13.2 Å². The average molecular weight is 371 g/mol. The Labute approximate surface area is 145 Å². The second-order valence-electron chi connectivity index (χ2n) is 4.64. The summed E-state index contributed by atoms with van der Waals surface area (Å²) in [5, 5.41) is 0. The van der Waals surface area contributed by atoms with Crippen molar-refractivity contribution in [1.29, 1.82) is 0 Å². The van der Waals surface area contributed by atoms with Gasteiger partial charge in [0, 0.05) is 6.54 Å². The van der Waals surface area contributed by atoms with E-state index in [9.17, 15) is 28.8 Å². The molecule has 0 saturated carbocycles. The van der Waals surface area contributed by atoms with Crippen LogP contribution in [0.25, 0.3) is 0 Å². The smallest absolute Gasteiger partial charge is 0.336 e. The minimum Gasteiger partial charge on any atom is -0.466 e. The fourth-order valence-corrected chi connectivity index (χ4v) is 2.00. The summed E-state index contributed by atoms with van der Waals surface area (Å²) in [6, 6.07) is 0. The van der Waals surface area contributed by atoms with Gasteiger partial charge in [0.15, 0.2) is 0 Å². The highest BCUT2D eigenvalue weighted by atomic mass is 16.5. The van der Waals surface area contributed by atoms with Gasteiger partial charge in [-0.3, -0.25) is 14.4 Å². The van der Waals surface area contributed by atoms with Gasteiger partial charge in [-0.05, 0) is 0 Å². The molecule has 0 atom stereocenters. The number of ether oxygens (including phenoxy) is 3. The predicted octanol–water partition coefficient (Wildman–Crippen LogP) is -2.41. The fraction of sp³-hybridized carbons (Fsp3) is 0.429. The maximum atomic E-state index is 12.4. The van der Waals surface area contributed by atoms with E-state index in [0.717, 1.165) is 6.26 Å². The number of carbonyl (C=O) groups excluding carboxylic acids is 3. The fourth-order valence-electron chi connectivity index (χ4n) is 2.00. The third-order valence-electron chi connectivity index (χ3n) is 3.14. The molecule has 0 saturated heterocycles. The summed E-state index contributed by atoms with van der Waals surface area (Å²) in [5.41, 5.74) is -2.92. The van der Waals surface area contributed by atoms with Crippen LogP contribution in [0.5, 0.6) is 0 Å². The monoisotopic (exact) mass is 371 g/mol. The minimum atomic E-state index is -0.978. The minimum absolute atomic E-state index is 0.142. The Morgan fingerprint density at radius 3 is 1.65 bits per heavy atom. The van der Waals surface area contributed by atoms with Crippen molar-refractivity contribution in [3.63, 3.8) is 0 Å². The van der Waals surface area contributed by atoms with Crippen LogP contribution in [0.1, 0.15) is 6.42 Å². The zero-order valence-corrected chi connectivity index (χ0v) is 13.7. The van der Waals surface area contributed by atoms with E-state index in [4.69, 9.17) is 0 Å². The van der Waals surface area contributed by atoms with E-state index in [0.29, 0.717) is 13.7 Å². The van der Waals surface area contributed by atoms with Crippen molar-refractivity contribution >= 4 is 18.9 Å². The third-order valence-corrected chi connectivity index (χ3v) is 3.14. The molecule has 0 aliphatic heterocycles. The lowest BCUT2D eigenvalue weighted by molar-refractivity contribution is -0.138. The molecular formula is C14H17N3O9. The van der Waals surface area contributed by atoms with E-state index in [-0.39, 0.29) is 52.2 Å². The van der Waals surface area contributed by atoms with Gasteiger partial charge < -0.3 is 14.2 Å². The van der Waals surface area contributed by atoms with Crippen LogP contribution >= 0.6 is 0 Å². The van der Waals surface area contributed by atoms with E-state index in [2.05, 4.69) is 20.8 Å². The van der Waals surface area contributed by atoms with Crippen LogP contribution < -0.4 is 17.1 Å². The molecule has 0 aliphatic rings. The Balaban J connectivity index is 3.29. The van der Waals surface area contributed by atoms with Crippen LogP contribution in [0.15, 0.2) is 27.2 Å². The summed E-state index contributed by atoms with van der Waals surface area (Å²) < 4.78 is 15.4. The molecule has 0 N–H and O–H groups in total. The standard InChI is InChI=1S/C14H17N3O9/c1-2-26-11(20)3-4-15-12(21)16(5-7-24-9-18)14(23)17(13(15)22)6-8-25-10-19/h2,9-10H,1,3-8H2. The van der Waals surface area contributed by atoms with E-state index in [1.807, 2.05) is 0 Å². The number of nitrogens with zero attached hydrogens (tertiary/aromatic N) is 3. The van der Waals surface area contributed by atoms with Crippen molar-refractivity contribution in [1.82, 2.24) is 13.7 Å². The molecule has 12 nitrogen and oxygen atoms in total. The second-order valence-corrected chi connectivity index (χ2v) is 4.64. The Morgan fingerprint density at radius 2 is 1.27 bits per heavy atom. The molecule has 0 radical (unpaired) electrons. The lowest BCUT2D eigenvalue weighted by atomic mass is 10.4. The van der Waals surface area contributed by atoms with E-state index in [1.54, 1.807) is 0 Å². The Kier molecular flexibility index (Phi) is 8.27. The molecular weight excluding hydrogens is 354 g/mol. The van der Waals surface area contributed by atoms with Gasteiger partial charge in [0.25, 0.3) is 12.9 Å². The van der Waals surface area contributed by atoms with E-state index >= 15 is 0 Å². The molecule has 12 heteroatoms. The van der Waals surface area contributed by atoms with Gasteiger partial charge in [-0.1, -0.05) is 6.58 Å².